The lowest BCUT2D eigenvalue weighted by Gasteiger charge is -2.18. The van der Waals surface area contributed by atoms with Gasteiger partial charge < -0.3 is 24.8 Å². The number of nitrogens with one attached hydrogen (secondary N) is 2. The Morgan fingerprint density at radius 3 is 2.40 bits per heavy atom. The molecule has 0 spiro atoms. The van der Waals surface area contributed by atoms with Crippen LogP contribution < -0.4 is 20.1 Å². The first-order valence-corrected chi connectivity index (χ1v) is 13.6. The number of rotatable bonds is 11. The van der Waals surface area contributed by atoms with Crippen LogP contribution in [0, 0.1) is 11.8 Å². The normalized spacial score (nSPS) is 13.6. The van der Waals surface area contributed by atoms with Gasteiger partial charge in [-0.05, 0) is 73.2 Å². The number of amides is 1. The first-order valence-electron chi connectivity index (χ1n) is 13.6. The zero-order chi connectivity index (χ0) is 28.2. The van der Waals surface area contributed by atoms with Crippen molar-refractivity contribution < 1.29 is 23.8 Å². The summed E-state index contributed by atoms with van der Waals surface area (Å²) in [5.74, 6) is 6.88. The zero-order valence-corrected chi connectivity index (χ0v) is 23.1. The molecule has 0 bridgehead atoms. The molecule has 208 valence electrons. The van der Waals surface area contributed by atoms with Crippen LogP contribution in [0.15, 0.2) is 72.8 Å². The largest absolute Gasteiger partial charge is 0.493 e. The number of ether oxygens (including phenoxy) is 3. The summed E-state index contributed by atoms with van der Waals surface area (Å²) >= 11 is 0. The molecule has 0 aromatic heterocycles. The lowest BCUT2D eigenvalue weighted by Crippen LogP contribution is -2.27. The van der Waals surface area contributed by atoms with Crippen molar-refractivity contribution in [1.29, 1.82) is 0 Å². The van der Waals surface area contributed by atoms with E-state index in [0.717, 1.165) is 42.4 Å². The monoisotopic (exact) mass is 540 g/mol. The molecule has 0 heterocycles. The number of hydrogen-bond acceptors (Lipinski definition) is 6. The molecule has 7 heteroatoms. The van der Waals surface area contributed by atoms with Gasteiger partial charge in [0.25, 0.3) is 0 Å². The highest BCUT2D eigenvalue weighted by Gasteiger charge is 2.21. The Bertz CT molecular complexity index is 1320. The van der Waals surface area contributed by atoms with Crippen molar-refractivity contribution in [3.8, 4) is 23.3 Å². The molecule has 4 rings (SSSR count). The Morgan fingerprint density at radius 1 is 0.950 bits per heavy atom. The number of esters is 1. The lowest BCUT2D eigenvalue weighted by molar-refractivity contribution is -0.140. The van der Waals surface area contributed by atoms with Crippen molar-refractivity contribution in [3.63, 3.8) is 0 Å². The fraction of sp³-hybridized carbons (Fsp3) is 0.333. The molecule has 7 nitrogen and oxygen atoms in total. The van der Waals surface area contributed by atoms with E-state index < -0.39 is 0 Å². The van der Waals surface area contributed by atoms with Crippen molar-refractivity contribution in [2.45, 2.75) is 50.7 Å². The third kappa shape index (κ3) is 8.62. The highest BCUT2D eigenvalue weighted by Crippen LogP contribution is 2.35. The Balaban J connectivity index is 1.41. The third-order valence-corrected chi connectivity index (χ3v) is 6.80. The summed E-state index contributed by atoms with van der Waals surface area (Å²) in [4.78, 5) is 24.5. The maximum absolute atomic E-state index is 12.3. The third-order valence-electron chi connectivity index (χ3n) is 6.80. The van der Waals surface area contributed by atoms with Crippen LogP contribution in [0.5, 0.6) is 11.5 Å². The quantitative estimate of drug-likeness (QED) is 0.249. The van der Waals surface area contributed by atoms with E-state index in [4.69, 9.17) is 14.2 Å². The molecule has 0 saturated heterocycles. The zero-order valence-electron chi connectivity index (χ0n) is 23.1. The predicted molar refractivity (Wildman–Crippen MR) is 155 cm³/mol. The van der Waals surface area contributed by atoms with Crippen LogP contribution in [0.3, 0.4) is 0 Å². The summed E-state index contributed by atoms with van der Waals surface area (Å²) in [5, 5.41) is 6.03. The second kappa shape index (κ2) is 14.8. The Labute approximate surface area is 236 Å². The van der Waals surface area contributed by atoms with Crippen LogP contribution in [0.1, 0.15) is 54.7 Å². The van der Waals surface area contributed by atoms with Crippen LogP contribution in [-0.2, 0) is 20.9 Å². The van der Waals surface area contributed by atoms with Crippen molar-refractivity contribution >= 4 is 17.6 Å². The topological polar surface area (TPSA) is 85.9 Å². The first-order chi connectivity index (χ1) is 19.5. The average molecular weight is 541 g/mol. The number of carbonyl (C=O) groups is 2. The smallest absolute Gasteiger partial charge is 0.307 e. The minimum atomic E-state index is -0.389. The second-order valence-electron chi connectivity index (χ2n) is 9.75. The number of benzene rings is 3. The molecule has 1 amide bonds. The number of carbonyl (C=O) groups excluding carboxylic acids is 2. The molecule has 0 radical (unpaired) electrons. The van der Waals surface area contributed by atoms with E-state index in [9.17, 15) is 9.59 Å². The van der Waals surface area contributed by atoms with Gasteiger partial charge in [-0.25, -0.2) is 0 Å². The standard InChI is InChI=1S/C33H36N2O5/c1-38-30-19-16-26(20-31(30)40-29-10-6-7-11-29)27(21-33(37)39-2)15-12-24-13-17-28(18-14-24)35-32(36)23-34-22-25-8-4-3-5-9-25/h3-5,8-9,13-14,16-20,27,29,34H,6-7,10-11,21-23H2,1-2H3,(H,35,36). The second-order valence-corrected chi connectivity index (χ2v) is 9.75. The summed E-state index contributed by atoms with van der Waals surface area (Å²) in [6.45, 7) is 0.831. The van der Waals surface area contributed by atoms with Gasteiger partial charge in [-0.3, -0.25) is 9.59 Å². The van der Waals surface area contributed by atoms with E-state index in [-0.39, 0.29) is 36.9 Å². The summed E-state index contributed by atoms with van der Waals surface area (Å²) in [6.07, 6.45) is 4.67. The van der Waals surface area contributed by atoms with Gasteiger partial charge in [0.15, 0.2) is 11.5 Å². The fourth-order valence-electron chi connectivity index (χ4n) is 4.62. The van der Waals surface area contributed by atoms with Gasteiger partial charge in [0.1, 0.15) is 0 Å². The van der Waals surface area contributed by atoms with Crippen molar-refractivity contribution in [2.24, 2.45) is 0 Å². The van der Waals surface area contributed by atoms with Gasteiger partial charge >= 0.3 is 5.97 Å². The van der Waals surface area contributed by atoms with Crippen LogP contribution in [0.25, 0.3) is 0 Å². The van der Waals surface area contributed by atoms with Crippen molar-refractivity contribution in [3.05, 3.63) is 89.5 Å². The summed E-state index contributed by atoms with van der Waals surface area (Å²) in [5.41, 5.74) is 3.44. The fourth-order valence-corrected chi connectivity index (χ4v) is 4.62. The molecule has 1 aliphatic carbocycles. The highest BCUT2D eigenvalue weighted by molar-refractivity contribution is 5.92. The molecular formula is C33H36N2O5. The van der Waals surface area contributed by atoms with Crippen molar-refractivity contribution in [2.75, 3.05) is 26.1 Å². The summed E-state index contributed by atoms with van der Waals surface area (Å²) in [7, 11) is 3.00. The van der Waals surface area contributed by atoms with Gasteiger partial charge in [0.05, 0.1) is 39.2 Å². The van der Waals surface area contributed by atoms with E-state index in [1.54, 1.807) is 7.11 Å². The molecule has 1 atom stereocenters. The maximum Gasteiger partial charge on any atom is 0.307 e. The molecule has 40 heavy (non-hydrogen) atoms. The minimum Gasteiger partial charge on any atom is -0.493 e. The van der Waals surface area contributed by atoms with Crippen LogP contribution >= 0.6 is 0 Å². The Kier molecular flexibility index (Phi) is 10.6. The first kappa shape index (κ1) is 28.7. The van der Waals surface area contributed by atoms with Gasteiger partial charge in [-0.15, -0.1) is 0 Å². The predicted octanol–water partition coefficient (Wildman–Crippen LogP) is 5.44. The van der Waals surface area contributed by atoms with Gasteiger partial charge in [0.2, 0.25) is 5.91 Å². The van der Waals surface area contributed by atoms with Crippen LogP contribution in [0.2, 0.25) is 0 Å². The van der Waals surface area contributed by atoms with E-state index in [1.165, 1.54) is 7.11 Å². The molecule has 1 unspecified atom stereocenters. The molecular weight excluding hydrogens is 504 g/mol. The number of anilines is 1. The maximum atomic E-state index is 12.3. The average Bonchev–Trinajstić information content (AvgIpc) is 3.49. The molecule has 1 saturated carbocycles. The molecule has 2 N–H and O–H groups in total. The van der Waals surface area contributed by atoms with Crippen molar-refractivity contribution in [1.82, 2.24) is 5.32 Å². The number of hydrogen-bond donors (Lipinski definition) is 2. The summed E-state index contributed by atoms with van der Waals surface area (Å²) < 4.78 is 16.7. The van der Waals surface area contributed by atoms with E-state index in [1.807, 2.05) is 72.8 Å². The van der Waals surface area contributed by atoms with Gasteiger partial charge in [-0.2, -0.15) is 0 Å². The summed E-state index contributed by atoms with van der Waals surface area (Å²) in [6, 6.07) is 22.9. The molecule has 1 aliphatic rings. The molecule has 1 fully saturated rings. The van der Waals surface area contributed by atoms with Gasteiger partial charge in [-0.1, -0.05) is 48.2 Å². The van der Waals surface area contributed by atoms with E-state index in [0.29, 0.717) is 23.7 Å². The Morgan fingerprint density at radius 2 is 1.70 bits per heavy atom. The lowest BCUT2D eigenvalue weighted by atomic mass is 9.95. The van der Waals surface area contributed by atoms with E-state index >= 15 is 0 Å². The SMILES string of the molecule is COC(=O)CC(C#Cc1ccc(NC(=O)CNCc2ccccc2)cc1)c1ccc(OC)c(OC2CCCC2)c1. The van der Waals surface area contributed by atoms with Gasteiger partial charge in [0, 0.05) is 17.8 Å². The number of methoxy groups -OCH3 is 2. The molecule has 0 aliphatic heterocycles. The Hall–Kier alpha value is -4.28. The molecule has 3 aromatic carbocycles. The van der Waals surface area contributed by atoms with Crippen LogP contribution in [0.4, 0.5) is 5.69 Å². The molecule has 3 aromatic rings. The van der Waals surface area contributed by atoms with Crippen LogP contribution in [-0.4, -0.2) is 38.7 Å². The minimum absolute atomic E-state index is 0.114. The highest BCUT2D eigenvalue weighted by atomic mass is 16.5. The van der Waals surface area contributed by atoms with E-state index in [2.05, 4.69) is 22.5 Å².